The third kappa shape index (κ3) is 5.67. The van der Waals surface area contributed by atoms with Crippen molar-refractivity contribution in [3.05, 3.63) is 48.2 Å². The summed E-state index contributed by atoms with van der Waals surface area (Å²) >= 11 is 5.68. The molecule has 23 heavy (non-hydrogen) atoms. The van der Waals surface area contributed by atoms with Gasteiger partial charge >= 0.3 is 12.4 Å². The minimum absolute atomic E-state index is 0.277. The van der Waals surface area contributed by atoms with E-state index in [0.717, 1.165) is 17.7 Å². The molecule has 5 nitrogen and oxygen atoms in total. The number of ether oxygens (including phenoxy) is 1. The Kier molecular flexibility index (Phi) is 5.28. The lowest BCUT2D eigenvalue weighted by atomic mass is 10.3. The highest BCUT2D eigenvalue weighted by Crippen LogP contribution is 2.24. The van der Waals surface area contributed by atoms with Crippen molar-refractivity contribution in [2.45, 2.75) is 12.2 Å². The van der Waals surface area contributed by atoms with Crippen LogP contribution in [0.4, 0.5) is 29.5 Å². The van der Waals surface area contributed by atoms with Crippen molar-refractivity contribution in [2.75, 3.05) is 10.6 Å². The molecule has 1 heterocycles. The molecule has 2 amide bonds. The van der Waals surface area contributed by atoms with E-state index in [1.165, 1.54) is 18.3 Å². The maximum Gasteiger partial charge on any atom is 0.573 e. The van der Waals surface area contributed by atoms with E-state index in [2.05, 4.69) is 20.4 Å². The minimum atomic E-state index is -4.76. The van der Waals surface area contributed by atoms with Crippen molar-refractivity contribution in [1.29, 1.82) is 0 Å². The number of alkyl halides is 4. The molecule has 0 aliphatic carbocycles. The van der Waals surface area contributed by atoms with Crippen LogP contribution in [0.25, 0.3) is 0 Å². The van der Waals surface area contributed by atoms with Crippen LogP contribution in [0.3, 0.4) is 0 Å². The van der Waals surface area contributed by atoms with Gasteiger partial charge in [0.05, 0.1) is 0 Å². The molecule has 2 N–H and O–H groups in total. The molecule has 1 aromatic carbocycles. The topological polar surface area (TPSA) is 63.2 Å². The van der Waals surface area contributed by atoms with E-state index in [1.54, 1.807) is 12.1 Å². The number of halogens is 4. The lowest BCUT2D eigenvalue weighted by Gasteiger charge is -2.10. The van der Waals surface area contributed by atoms with Gasteiger partial charge in [-0.1, -0.05) is 0 Å². The van der Waals surface area contributed by atoms with Gasteiger partial charge in [0.15, 0.2) is 0 Å². The van der Waals surface area contributed by atoms with E-state index in [-0.39, 0.29) is 11.6 Å². The van der Waals surface area contributed by atoms with Crippen molar-refractivity contribution in [3.63, 3.8) is 0 Å². The predicted molar refractivity (Wildman–Crippen MR) is 79.6 cm³/mol. The zero-order valence-electron chi connectivity index (χ0n) is 11.5. The first-order chi connectivity index (χ1) is 10.9. The third-order valence-corrected chi connectivity index (χ3v) is 2.87. The van der Waals surface area contributed by atoms with Crippen LogP contribution in [0.5, 0.6) is 5.75 Å². The Morgan fingerprint density at radius 3 is 2.48 bits per heavy atom. The Labute approximate surface area is 134 Å². The summed E-state index contributed by atoms with van der Waals surface area (Å²) in [6.07, 6.45) is -3.26. The molecule has 0 aliphatic rings. The van der Waals surface area contributed by atoms with Crippen LogP contribution in [0.1, 0.15) is 5.56 Å². The van der Waals surface area contributed by atoms with E-state index in [4.69, 9.17) is 11.6 Å². The average Bonchev–Trinajstić information content (AvgIpc) is 2.48. The van der Waals surface area contributed by atoms with Gasteiger partial charge in [-0.05, 0) is 42.0 Å². The standard InChI is InChI=1S/C14H11ClF3N3O2/c15-8-9-5-6-19-12(7-9)21-13(22)20-10-1-3-11(4-2-10)23-14(16,17)18/h1-7H,8H2,(H2,19,20,21,22). The molecule has 0 fully saturated rings. The Morgan fingerprint density at radius 2 is 1.87 bits per heavy atom. The van der Waals surface area contributed by atoms with Gasteiger partial charge in [-0.3, -0.25) is 5.32 Å². The molecule has 0 bridgehead atoms. The number of nitrogens with zero attached hydrogens (tertiary/aromatic N) is 1. The van der Waals surface area contributed by atoms with Crippen molar-refractivity contribution >= 4 is 29.1 Å². The molecule has 0 aliphatic heterocycles. The van der Waals surface area contributed by atoms with Crippen LogP contribution >= 0.6 is 11.6 Å². The summed E-state index contributed by atoms with van der Waals surface area (Å²) in [5.74, 6) is 0.206. The van der Waals surface area contributed by atoms with Crippen LogP contribution in [0.2, 0.25) is 0 Å². The number of rotatable bonds is 4. The first kappa shape index (κ1) is 16.9. The first-order valence-electron chi connectivity index (χ1n) is 6.30. The number of amides is 2. The zero-order valence-corrected chi connectivity index (χ0v) is 12.3. The molecule has 122 valence electrons. The van der Waals surface area contributed by atoms with Gasteiger partial charge in [0.1, 0.15) is 11.6 Å². The third-order valence-electron chi connectivity index (χ3n) is 2.57. The van der Waals surface area contributed by atoms with Crippen LogP contribution in [0, 0.1) is 0 Å². The monoisotopic (exact) mass is 345 g/mol. The van der Waals surface area contributed by atoms with Crippen molar-refractivity contribution in [1.82, 2.24) is 4.98 Å². The van der Waals surface area contributed by atoms with E-state index < -0.39 is 12.4 Å². The second-order valence-electron chi connectivity index (χ2n) is 4.33. The fourth-order valence-corrected chi connectivity index (χ4v) is 1.81. The quantitative estimate of drug-likeness (QED) is 0.809. The average molecular weight is 346 g/mol. The van der Waals surface area contributed by atoms with Gasteiger partial charge in [0.25, 0.3) is 0 Å². The van der Waals surface area contributed by atoms with Gasteiger partial charge in [-0.25, -0.2) is 9.78 Å². The number of nitrogens with one attached hydrogen (secondary N) is 2. The molecular weight excluding hydrogens is 335 g/mol. The molecule has 1 aromatic heterocycles. The summed E-state index contributed by atoms with van der Waals surface area (Å²) in [6.45, 7) is 0. The van der Waals surface area contributed by atoms with Gasteiger partial charge in [0, 0.05) is 17.8 Å². The summed E-state index contributed by atoms with van der Waals surface area (Å²) in [4.78, 5) is 15.7. The molecular formula is C14H11ClF3N3O2. The number of anilines is 2. The molecule has 0 spiro atoms. The van der Waals surface area contributed by atoms with Crippen LogP contribution in [0.15, 0.2) is 42.6 Å². The lowest BCUT2D eigenvalue weighted by molar-refractivity contribution is -0.274. The smallest absolute Gasteiger partial charge is 0.406 e. The highest BCUT2D eigenvalue weighted by molar-refractivity contribution is 6.17. The van der Waals surface area contributed by atoms with Gasteiger partial charge in [0.2, 0.25) is 0 Å². The summed E-state index contributed by atoms with van der Waals surface area (Å²) in [7, 11) is 0. The number of pyridine rings is 1. The molecule has 0 saturated carbocycles. The van der Waals surface area contributed by atoms with E-state index in [1.807, 2.05) is 0 Å². The summed E-state index contributed by atoms with van der Waals surface area (Å²) in [5, 5.41) is 4.95. The van der Waals surface area contributed by atoms with E-state index >= 15 is 0 Å². The predicted octanol–water partition coefficient (Wildman–Crippen LogP) is 4.36. The summed E-state index contributed by atoms with van der Waals surface area (Å²) in [6, 6.07) is 7.47. The van der Waals surface area contributed by atoms with Crippen molar-refractivity contribution in [2.24, 2.45) is 0 Å². The number of hydrogen-bond acceptors (Lipinski definition) is 3. The Balaban J connectivity index is 1.94. The number of hydrogen-bond donors (Lipinski definition) is 2. The largest absolute Gasteiger partial charge is 0.573 e. The zero-order chi connectivity index (χ0) is 16.9. The summed E-state index contributed by atoms with van der Waals surface area (Å²) in [5.41, 5.74) is 1.08. The van der Waals surface area contributed by atoms with E-state index in [9.17, 15) is 18.0 Å². The van der Waals surface area contributed by atoms with Crippen molar-refractivity contribution in [3.8, 4) is 5.75 Å². The molecule has 0 unspecified atom stereocenters. The Morgan fingerprint density at radius 1 is 1.17 bits per heavy atom. The molecule has 2 aromatic rings. The number of carbonyl (C=O) groups excluding carboxylic acids is 1. The highest BCUT2D eigenvalue weighted by atomic mass is 35.5. The summed E-state index contributed by atoms with van der Waals surface area (Å²) < 4.78 is 39.8. The first-order valence-corrected chi connectivity index (χ1v) is 6.84. The molecule has 0 saturated heterocycles. The maximum atomic E-state index is 12.0. The maximum absolute atomic E-state index is 12.0. The van der Waals surface area contributed by atoms with Gasteiger partial charge in [-0.15, -0.1) is 24.8 Å². The Bertz CT molecular complexity index is 678. The SMILES string of the molecule is O=C(Nc1ccc(OC(F)(F)F)cc1)Nc1cc(CCl)ccn1. The molecule has 9 heteroatoms. The van der Waals surface area contributed by atoms with Crippen LogP contribution in [-0.2, 0) is 5.88 Å². The fourth-order valence-electron chi connectivity index (χ4n) is 1.64. The number of benzene rings is 1. The highest BCUT2D eigenvalue weighted by Gasteiger charge is 2.30. The van der Waals surface area contributed by atoms with Gasteiger partial charge in [-0.2, -0.15) is 0 Å². The second-order valence-corrected chi connectivity index (χ2v) is 4.60. The number of aromatic nitrogens is 1. The number of urea groups is 1. The number of carbonyl (C=O) groups is 1. The lowest BCUT2D eigenvalue weighted by Crippen LogP contribution is -2.20. The van der Waals surface area contributed by atoms with Gasteiger partial charge < -0.3 is 10.1 Å². The normalized spacial score (nSPS) is 11.0. The van der Waals surface area contributed by atoms with Crippen LogP contribution in [-0.4, -0.2) is 17.4 Å². The minimum Gasteiger partial charge on any atom is -0.406 e. The molecule has 0 atom stereocenters. The van der Waals surface area contributed by atoms with E-state index in [0.29, 0.717) is 11.5 Å². The van der Waals surface area contributed by atoms with Crippen molar-refractivity contribution < 1.29 is 22.7 Å². The second kappa shape index (κ2) is 7.19. The molecule has 2 rings (SSSR count). The fraction of sp³-hybridized carbons (Fsp3) is 0.143. The molecule has 0 radical (unpaired) electrons. The van der Waals surface area contributed by atoms with Crippen LogP contribution < -0.4 is 15.4 Å². The Hall–Kier alpha value is -2.48.